The van der Waals surface area contributed by atoms with Gasteiger partial charge in [-0.15, -0.1) is 0 Å². The molecule has 21 heavy (non-hydrogen) atoms. The van der Waals surface area contributed by atoms with Gasteiger partial charge in [0.2, 0.25) is 5.91 Å². The molecular weight excluding hydrogens is 260 g/mol. The Bertz CT molecular complexity index is 422. The molecule has 1 heterocycles. The van der Waals surface area contributed by atoms with Crippen LogP contribution in [0.1, 0.15) is 45.1 Å². The molecule has 1 aromatic carbocycles. The van der Waals surface area contributed by atoms with E-state index in [-0.39, 0.29) is 11.9 Å². The zero-order valence-electron chi connectivity index (χ0n) is 13.4. The molecule has 0 radical (unpaired) electrons. The van der Waals surface area contributed by atoms with E-state index in [0.29, 0.717) is 13.1 Å². The monoisotopic (exact) mass is 288 g/mol. The van der Waals surface area contributed by atoms with Crippen LogP contribution in [0, 0.1) is 0 Å². The summed E-state index contributed by atoms with van der Waals surface area (Å²) in [5.41, 5.74) is 1.20. The molecule has 3 heteroatoms. The van der Waals surface area contributed by atoms with Gasteiger partial charge in [-0.3, -0.25) is 9.69 Å². The first-order chi connectivity index (χ1) is 10.2. The van der Waals surface area contributed by atoms with Crippen molar-refractivity contribution in [3.63, 3.8) is 0 Å². The first-order valence-corrected chi connectivity index (χ1v) is 8.22. The first kappa shape index (κ1) is 16.0. The number of nitrogens with zero attached hydrogens (tertiary/aromatic N) is 2. The molecule has 0 aliphatic carbocycles. The Kier molecular flexibility index (Phi) is 6.24. The van der Waals surface area contributed by atoms with Crippen molar-refractivity contribution in [2.75, 3.05) is 19.6 Å². The summed E-state index contributed by atoms with van der Waals surface area (Å²) in [5, 5.41) is 0. The molecule has 1 saturated heterocycles. The molecular formula is C18H28N2O. The molecule has 0 bridgehead atoms. The molecule has 116 valence electrons. The summed E-state index contributed by atoms with van der Waals surface area (Å²) in [6.45, 7) is 7.63. The quantitative estimate of drug-likeness (QED) is 0.830. The number of likely N-dealkylation sites (tertiary alicyclic amines) is 1. The second-order valence-corrected chi connectivity index (χ2v) is 6.29. The molecule has 1 aliphatic heterocycles. The lowest BCUT2D eigenvalue weighted by atomic mass is 10.2. The summed E-state index contributed by atoms with van der Waals surface area (Å²) in [5.74, 6) is 0.260. The summed E-state index contributed by atoms with van der Waals surface area (Å²) < 4.78 is 0. The molecule has 3 nitrogen and oxygen atoms in total. The summed E-state index contributed by atoms with van der Waals surface area (Å²) in [4.78, 5) is 17.0. The largest absolute Gasteiger partial charge is 0.335 e. The SMILES string of the molecule is CC(C)N(Cc1ccccc1)C(=O)CN1CCCCCC1. The number of carbonyl (C=O) groups is 1. The highest BCUT2D eigenvalue weighted by atomic mass is 16.2. The molecule has 1 aliphatic rings. The summed E-state index contributed by atoms with van der Waals surface area (Å²) in [6, 6.07) is 10.5. The van der Waals surface area contributed by atoms with Gasteiger partial charge in [0.1, 0.15) is 0 Å². The minimum Gasteiger partial charge on any atom is -0.335 e. The number of carbonyl (C=O) groups excluding carboxylic acids is 1. The van der Waals surface area contributed by atoms with Crippen molar-refractivity contribution in [2.45, 2.75) is 52.1 Å². The molecule has 0 unspecified atom stereocenters. The Labute approximate surface area is 128 Å². The second kappa shape index (κ2) is 8.18. The van der Waals surface area contributed by atoms with E-state index in [1.165, 1.54) is 31.2 Å². The van der Waals surface area contributed by atoms with E-state index in [4.69, 9.17) is 0 Å². The predicted octanol–water partition coefficient (Wildman–Crippen LogP) is 3.30. The van der Waals surface area contributed by atoms with E-state index < -0.39 is 0 Å². The van der Waals surface area contributed by atoms with Gasteiger partial charge in [0.15, 0.2) is 0 Å². The Morgan fingerprint density at radius 3 is 2.29 bits per heavy atom. The van der Waals surface area contributed by atoms with Crippen LogP contribution in [-0.4, -0.2) is 41.4 Å². The molecule has 0 saturated carbocycles. The summed E-state index contributed by atoms with van der Waals surface area (Å²) in [6.07, 6.45) is 5.08. The van der Waals surface area contributed by atoms with Crippen LogP contribution in [0.2, 0.25) is 0 Å². The standard InChI is InChI=1S/C18H28N2O/c1-16(2)20(14-17-10-6-5-7-11-17)18(21)15-19-12-8-3-4-9-13-19/h5-7,10-11,16H,3-4,8-9,12-15H2,1-2H3. The topological polar surface area (TPSA) is 23.6 Å². The smallest absolute Gasteiger partial charge is 0.237 e. The molecule has 0 N–H and O–H groups in total. The van der Waals surface area contributed by atoms with E-state index in [1.807, 2.05) is 23.1 Å². The fourth-order valence-corrected chi connectivity index (χ4v) is 2.92. The minimum absolute atomic E-state index is 0.240. The lowest BCUT2D eigenvalue weighted by Crippen LogP contribution is -2.43. The van der Waals surface area contributed by atoms with Gasteiger partial charge in [-0.25, -0.2) is 0 Å². The van der Waals surface area contributed by atoms with Crippen molar-refractivity contribution in [2.24, 2.45) is 0 Å². The van der Waals surface area contributed by atoms with Crippen molar-refractivity contribution >= 4 is 5.91 Å². The van der Waals surface area contributed by atoms with Gasteiger partial charge in [0.05, 0.1) is 6.54 Å². The molecule has 2 rings (SSSR count). The van der Waals surface area contributed by atoms with E-state index in [1.54, 1.807) is 0 Å². The highest BCUT2D eigenvalue weighted by Crippen LogP contribution is 2.12. The van der Waals surface area contributed by atoms with Crippen LogP contribution in [0.15, 0.2) is 30.3 Å². The van der Waals surface area contributed by atoms with Crippen LogP contribution < -0.4 is 0 Å². The lowest BCUT2D eigenvalue weighted by molar-refractivity contribution is -0.134. The Morgan fingerprint density at radius 1 is 1.10 bits per heavy atom. The highest BCUT2D eigenvalue weighted by Gasteiger charge is 2.20. The summed E-state index contributed by atoms with van der Waals surface area (Å²) >= 11 is 0. The number of hydrogen-bond donors (Lipinski definition) is 0. The zero-order chi connectivity index (χ0) is 15.1. The summed E-state index contributed by atoms with van der Waals surface area (Å²) in [7, 11) is 0. The third kappa shape index (κ3) is 5.16. The first-order valence-electron chi connectivity index (χ1n) is 8.22. The van der Waals surface area contributed by atoms with Crippen molar-refractivity contribution in [1.82, 2.24) is 9.80 Å². The van der Waals surface area contributed by atoms with Gasteiger partial charge in [-0.1, -0.05) is 43.2 Å². The molecule has 0 aromatic heterocycles. The van der Waals surface area contributed by atoms with Gasteiger partial charge in [-0.05, 0) is 45.3 Å². The van der Waals surface area contributed by atoms with Gasteiger partial charge in [0, 0.05) is 12.6 Å². The Morgan fingerprint density at radius 2 is 1.71 bits per heavy atom. The maximum absolute atomic E-state index is 12.7. The predicted molar refractivity (Wildman–Crippen MR) is 87.0 cm³/mol. The van der Waals surface area contributed by atoms with E-state index >= 15 is 0 Å². The third-order valence-corrected chi connectivity index (χ3v) is 4.20. The fraction of sp³-hybridized carbons (Fsp3) is 0.611. The lowest BCUT2D eigenvalue weighted by Gasteiger charge is -2.30. The highest BCUT2D eigenvalue weighted by molar-refractivity contribution is 5.78. The normalized spacial score (nSPS) is 16.7. The van der Waals surface area contributed by atoms with Crippen LogP contribution in [0.5, 0.6) is 0 Å². The second-order valence-electron chi connectivity index (χ2n) is 6.29. The molecule has 0 spiro atoms. The fourth-order valence-electron chi connectivity index (χ4n) is 2.92. The van der Waals surface area contributed by atoms with Crippen molar-refractivity contribution in [3.05, 3.63) is 35.9 Å². The minimum atomic E-state index is 0.240. The zero-order valence-corrected chi connectivity index (χ0v) is 13.4. The van der Waals surface area contributed by atoms with Gasteiger partial charge in [0.25, 0.3) is 0 Å². The average Bonchev–Trinajstić information content (AvgIpc) is 2.74. The maximum Gasteiger partial charge on any atom is 0.237 e. The molecule has 1 fully saturated rings. The van der Waals surface area contributed by atoms with Crippen molar-refractivity contribution in [1.29, 1.82) is 0 Å². The molecule has 0 atom stereocenters. The van der Waals surface area contributed by atoms with Crippen LogP contribution in [0.25, 0.3) is 0 Å². The van der Waals surface area contributed by atoms with E-state index in [2.05, 4.69) is 30.9 Å². The number of rotatable bonds is 5. The van der Waals surface area contributed by atoms with Crippen LogP contribution in [0.4, 0.5) is 0 Å². The number of benzene rings is 1. The van der Waals surface area contributed by atoms with E-state index in [0.717, 1.165) is 13.1 Å². The van der Waals surface area contributed by atoms with Gasteiger partial charge >= 0.3 is 0 Å². The average molecular weight is 288 g/mol. The number of amides is 1. The Hall–Kier alpha value is -1.35. The molecule has 1 amide bonds. The maximum atomic E-state index is 12.7. The molecule has 1 aromatic rings. The van der Waals surface area contributed by atoms with Crippen LogP contribution in [0.3, 0.4) is 0 Å². The van der Waals surface area contributed by atoms with Crippen molar-refractivity contribution < 1.29 is 4.79 Å². The van der Waals surface area contributed by atoms with Gasteiger partial charge in [-0.2, -0.15) is 0 Å². The van der Waals surface area contributed by atoms with Crippen LogP contribution in [-0.2, 0) is 11.3 Å². The Balaban J connectivity index is 1.95. The van der Waals surface area contributed by atoms with Gasteiger partial charge < -0.3 is 4.90 Å². The van der Waals surface area contributed by atoms with Crippen LogP contribution >= 0.6 is 0 Å². The number of hydrogen-bond acceptors (Lipinski definition) is 2. The van der Waals surface area contributed by atoms with E-state index in [9.17, 15) is 4.79 Å². The van der Waals surface area contributed by atoms with Crippen molar-refractivity contribution in [3.8, 4) is 0 Å². The third-order valence-electron chi connectivity index (χ3n) is 4.20.